The Balaban J connectivity index is -0.0000000800. The Hall–Kier alpha value is 1.90. The van der Waals surface area contributed by atoms with Gasteiger partial charge in [0.15, 0.2) is 0 Å². The van der Waals surface area contributed by atoms with E-state index in [0.29, 0.717) is 0 Å². The van der Waals surface area contributed by atoms with E-state index >= 15 is 0 Å². The summed E-state index contributed by atoms with van der Waals surface area (Å²) in [6.07, 6.45) is 0. The zero-order chi connectivity index (χ0) is 4.50. The van der Waals surface area contributed by atoms with Gasteiger partial charge in [-0.3, -0.25) is 0 Å². The van der Waals surface area contributed by atoms with Crippen LogP contribution in [0.5, 0.6) is 0 Å². The summed E-state index contributed by atoms with van der Waals surface area (Å²) >= 11 is -5.67. The second-order valence-corrected chi connectivity index (χ2v) is 3.67. The van der Waals surface area contributed by atoms with E-state index in [9.17, 15) is 0 Å². The van der Waals surface area contributed by atoms with Crippen LogP contribution in [0.2, 0.25) is 0 Å². The molecule has 7 heavy (non-hydrogen) atoms. The van der Waals surface area contributed by atoms with Gasteiger partial charge in [0, 0.05) is 0 Å². The van der Waals surface area contributed by atoms with Crippen LogP contribution in [0.3, 0.4) is 0 Å². The quantitative estimate of drug-likeness (QED) is 0.355. The zero-order valence-electron chi connectivity index (χ0n) is 2.83. The van der Waals surface area contributed by atoms with Crippen LogP contribution in [-0.2, 0) is 23.5 Å². The van der Waals surface area contributed by atoms with E-state index < -0.39 is 16.7 Å². The van der Waals surface area contributed by atoms with Gasteiger partial charge < -0.3 is 0 Å². The fourth-order valence-corrected chi connectivity index (χ4v) is 0. The van der Waals surface area contributed by atoms with Gasteiger partial charge in [-0.05, 0) is 0 Å². The monoisotopic (exact) mass is 486 g/mol. The summed E-state index contributed by atoms with van der Waals surface area (Å²) in [6, 6.07) is 0. The Bertz CT molecular complexity index is 94.9. The van der Waals surface area contributed by atoms with Crippen molar-refractivity contribution in [3.63, 3.8) is 0 Å². The molecular formula is H6MgO4PbW. The minimum absolute atomic E-state index is 0. The van der Waals surface area contributed by atoms with Crippen LogP contribution in [0.1, 0.15) is 0 Å². The van der Waals surface area contributed by atoms with Crippen LogP contribution in [0.4, 0.5) is 0 Å². The number of hydrogen-bond donors (Lipinski definition) is 2. The Labute approximate surface area is 80.3 Å². The molecule has 7 heteroatoms. The van der Waals surface area contributed by atoms with Crippen molar-refractivity contribution in [2.75, 3.05) is 0 Å². The molecule has 0 unspecified atom stereocenters. The second-order valence-electron chi connectivity index (χ2n) is 0.448. The van der Waals surface area contributed by atoms with E-state index in [1.165, 1.54) is 0 Å². The Kier molecular flexibility index (Phi) is 13.7. The van der Waals surface area contributed by atoms with Crippen LogP contribution in [0, 0.1) is 0 Å². The first-order chi connectivity index (χ1) is 2.00. The molecule has 0 bridgehead atoms. The normalized spacial score (nSPS) is 8.29. The first-order valence-electron chi connectivity index (χ1n) is 0.698. The number of rotatable bonds is 0. The van der Waals surface area contributed by atoms with Gasteiger partial charge in [-0.15, -0.1) is 0 Å². The van der Waals surface area contributed by atoms with Gasteiger partial charge in [0.05, 0.1) is 0 Å². The number of hydrogen-bond acceptors (Lipinski definition) is 2. The third kappa shape index (κ3) is 76.3. The molecule has 0 aliphatic rings. The molecule has 0 fully saturated rings. The first kappa shape index (κ1) is 16.0. The Morgan fingerprint density at radius 2 is 1.14 bits per heavy atom. The van der Waals surface area contributed by atoms with Crippen LogP contribution in [0.15, 0.2) is 0 Å². The molecule has 0 saturated heterocycles. The van der Waals surface area contributed by atoms with Crippen molar-refractivity contribution in [2.24, 2.45) is 0 Å². The van der Waals surface area contributed by atoms with Gasteiger partial charge in [0.1, 0.15) is 0 Å². The van der Waals surface area contributed by atoms with E-state index in [1.807, 2.05) is 0 Å². The van der Waals surface area contributed by atoms with Gasteiger partial charge >= 0.3 is 81.4 Å². The SMILES string of the molecule is [MgH2].[O]=[W](=[O])([OH])[OH].[PbH2]. The molecule has 0 saturated carbocycles. The predicted octanol–water partition coefficient (Wildman–Crippen LogP) is -3.19. The zero-order valence-corrected chi connectivity index (χ0v) is 11.3. The summed E-state index contributed by atoms with van der Waals surface area (Å²) in [7, 11) is 0. The summed E-state index contributed by atoms with van der Waals surface area (Å²) in [5, 5.41) is 0. The van der Waals surface area contributed by atoms with Crippen molar-refractivity contribution >= 4 is 50.4 Å². The second kappa shape index (κ2) is 6.02. The fourth-order valence-electron chi connectivity index (χ4n) is 0. The van der Waals surface area contributed by atoms with Crippen molar-refractivity contribution in [3.05, 3.63) is 0 Å². The average molecular weight is 485 g/mol. The van der Waals surface area contributed by atoms with Gasteiger partial charge in [-0.25, -0.2) is 0 Å². The van der Waals surface area contributed by atoms with E-state index in [4.69, 9.17) is 14.3 Å². The van der Waals surface area contributed by atoms with E-state index in [1.54, 1.807) is 0 Å². The molecule has 0 aromatic rings. The van der Waals surface area contributed by atoms with Gasteiger partial charge in [-0.1, -0.05) is 0 Å². The molecule has 42 valence electrons. The topological polar surface area (TPSA) is 74.6 Å². The van der Waals surface area contributed by atoms with Crippen molar-refractivity contribution < 1.29 is 31.1 Å². The Morgan fingerprint density at radius 1 is 1.14 bits per heavy atom. The molecule has 0 amide bonds. The third-order valence-corrected chi connectivity index (χ3v) is 0. The molecule has 0 aromatic carbocycles. The summed E-state index contributed by atoms with van der Waals surface area (Å²) in [5.41, 5.74) is 0. The standard InChI is InChI=1S/Mg.2H2O.2O.Pb.W.4H/h;2*1H2;;;;;;;;/q;;;;;;+2;;;;/p-2. The fraction of sp³-hybridized carbons (Fsp3) is 0. The molecular weight excluding hydrogens is 479 g/mol. The summed E-state index contributed by atoms with van der Waals surface area (Å²) < 4.78 is 32.1. The molecule has 0 spiro atoms. The van der Waals surface area contributed by atoms with Crippen molar-refractivity contribution in [3.8, 4) is 0 Å². The summed E-state index contributed by atoms with van der Waals surface area (Å²) in [4.78, 5) is 0. The van der Waals surface area contributed by atoms with E-state index in [0.717, 1.165) is 0 Å². The molecule has 0 aliphatic heterocycles. The van der Waals surface area contributed by atoms with Crippen LogP contribution < -0.4 is 0 Å². The molecule has 2 N–H and O–H groups in total. The van der Waals surface area contributed by atoms with Crippen LogP contribution >= 0.6 is 0 Å². The molecule has 0 heterocycles. The molecule has 0 rings (SSSR count). The first-order valence-corrected chi connectivity index (χ1v) is 5.72. The molecule has 0 aromatic heterocycles. The van der Waals surface area contributed by atoms with Crippen molar-refractivity contribution in [2.45, 2.75) is 0 Å². The van der Waals surface area contributed by atoms with Crippen LogP contribution in [-0.4, -0.2) is 57.9 Å². The maximum absolute atomic E-state index is 8.87. The average Bonchev–Trinajstić information content (AvgIpc) is 0.722. The summed E-state index contributed by atoms with van der Waals surface area (Å²) in [6.45, 7) is 0. The van der Waals surface area contributed by atoms with Gasteiger partial charge in [0.25, 0.3) is 0 Å². The minimum atomic E-state index is -5.67. The van der Waals surface area contributed by atoms with Gasteiger partial charge in [-0.2, -0.15) is 0 Å². The maximum atomic E-state index is 8.87. The Morgan fingerprint density at radius 3 is 1.14 bits per heavy atom. The van der Waals surface area contributed by atoms with Gasteiger partial charge in [0.2, 0.25) is 0 Å². The predicted molar refractivity (Wildman–Crippen MR) is 22.9 cm³/mol. The van der Waals surface area contributed by atoms with Crippen molar-refractivity contribution in [1.29, 1.82) is 0 Å². The van der Waals surface area contributed by atoms with Crippen LogP contribution in [0.25, 0.3) is 0 Å². The molecule has 0 atom stereocenters. The van der Waals surface area contributed by atoms with E-state index in [-0.39, 0.29) is 50.4 Å². The molecule has 2 radical (unpaired) electrons. The molecule has 0 aliphatic carbocycles. The summed E-state index contributed by atoms with van der Waals surface area (Å²) in [5.74, 6) is 0. The molecule has 4 nitrogen and oxygen atoms in total. The third-order valence-electron chi connectivity index (χ3n) is 0. The van der Waals surface area contributed by atoms with E-state index in [2.05, 4.69) is 0 Å². The van der Waals surface area contributed by atoms with Crippen molar-refractivity contribution in [1.82, 2.24) is 0 Å².